The molecule has 0 spiro atoms. The van der Waals surface area contributed by atoms with Gasteiger partial charge in [0.05, 0.1) is 6.54 Å². The number of hydrogen-bond acceptors (Lipinski definition) is 7. The summed E-state index contributed by atoms with van der Waals surface area (Å²) in [5.41, 5.74) is -0.946. The Morgan fingerprint density at radius 2 is 1.97 bits per heavy atom. The van der Waals surface area contributed by atoms with Gasteiger partial charge in [0.2, 0.25) is 5.95 Å². The Kier molecular flexibility index (Phi) is 8.41. The minimum atomic E-state index is -0.946. The van der Waals surface area contributed by atoms with Crippen LogP contribution in [0.25, 0.3) is 0 Å². The number of hydrogen-bond donors (Lipinski definition) is 3. The number of anilines is 1. The van der Waals surface area contributed by atoms with Crippen LogP contribution in [0, 0.1) is 0 Å². The maximum Gasteiger partial charge on any atom is 0.225 e. The second kappa shape index (κ2) is 11.2. The van der Waals surface area contributed by atoms with Gasteiger partial charge in [-0.25, -0.2) is 15.0 Å². The third-order valence-corrected chi connectivity index (χ3v) is 6.22. The molecular formula is C21H33N7OS. The summed E-state index contributed by atoms with van der Waals surface area (Å²) in [7, 11) is 0. The lowest BCUT2D eigenvalue weighted by molar-refractivity contribution is 0.0711. The van der Waals surface area contributed by atoms with Crippen molar-refractivity contribution >= 4 is 23.2 Å². The first kappa shape index (κ1) is 22.5. The summed E-state index contributed by atoms with van der Waals surface area (Å²) in [6.45, 7) is 10.8. The number of guanidine groups is 1. The SMILES string of the molecule is CCNC(=NCC(C)(O)c1cccs1)NCCCN1CCN(c2ncccn2)CC1. The van der Waals surface area contributed by atoms with E-state index in [2.05, 4.69) is 35.4 Å². The molecule has 1 unspecified atom stereocenters. The van der Waals surface area contributed by atoms with Crippen LogP contribution in [-0.2, 0) is 5.60 Å². The predicted octanol–water partition coefficient (Wildman–Crippen LogP) is 1.51. The zero-order valence-corrected chi connectivity index (χ0v) is 18.7. The van der Waals surface area contributed by atoms with Crippen molar-refractivity contribution in [2.45, 2.75) is 25.9 Å². The van der Waals surface area contributed by atoms with E-state index in [1.54, 1.807) is 23.7 Å². The number of nitrogens with one attached hydrogen (secondary N) is 2. The van der Waals surface area contributed by atoms with Crippen molar-refractivity contribution in [3.05, 3.63) is 40.8 Å². The molecule has 1 aliphatic heterocycles. The van der Waals surface area contributed by atoms with E-state index in [4.69, 9.17) is 0 Å². The van der Waals surface area contributed by atoms with Gasteiger partial charge in [0, 0.05) is 56.5 Å². The molecule has 0 aliphatic carbocycles. The van der Waals surface area contributed by atoms with Crippen LogP contribution in [0.5, 0.6) is 0 Å². The first-order chi connectivity index (χ1) is 14.6. The number of aromatic nitrogens is 2. The highest BCUT2D eigenvalue weighted by Gasteiger charge is 2.24. The van der Waals surface area contributed by atoms with Crippen LogP contribution < -0.4 is 15.5 Å². The highest BCUT2D eigenvalue weighted by atomic mass is 32.1. The topological polar surface area (TPSA) is 88.9 Å². The molecule has 3 heterocycles. The number of piperazine rings is 1. The maximum absolute atomic E-state index is 10.7. The fraction of sp³-hybridized carbons (Fsp3) is 0.571. The number of rotatable bonds is 9. The van der Waals surface area contributed by atoms with Gasteiger partial charge in [-0.2, -0.15) is 0 Å². The number of thiophene rings is 1. The Balaban J connectivity index is 1.38. The van der Waals surface area contributed by atoms with Crippen molar-refractivity contribution in [2.24, 2.45) is 4.99 Å². The van der Waals surface area contributed by atoms with Crippen LogP contribution in [0.2, 0.25) is 0 Å². The van der Waals surface area contributed by atoms with E-state index in [0.717, 1.165) is 69.0 Å². The molecule has 2 aromatic rings. The van der Waals surface area contributed by atoms with Gasteiger partial charge < -0.3 is 20.6 Å². The van der Waals surface area contributed by atoms with Crippen molar-refractivity contribution in [1.29, 1.82) is 0 Å². The third kappa shape index (κ3) is 6.65. The van der Waals surface area contributed by atoms with Crippen molar-refractivity contribution < 1.29 is 5.11 Å². The van der Waals surface area contributed by atoms with E-state index in [1.165, 1.54) is 0 Å². The van der Waals surface area contributed by atoms with Gasteiger partial charge in [0.25, 0.3) is 0 Å². The van der Waals surface area contributed by atoms with E-state index < -0.39 is 5.60 Å². The predicted molar refractivity (Wildman–Crippen MR) is 123 cm³/mol. The Morgan fingerprint density at radius 1 is 1.20 bits per heavy atom. The highest BCUT2D eigenvalue weighted by molar-refractivity contribution is 7.10. The van der Waals surface area contributed by atoms with Gasteiger partial charge in [-0.15, -0.1) is 11.3 Å². The average molecular weight is 432 g/mol. The molecule has 0 bridgehead atoms. The largest absolute Gasteiger partial charge is 0.383 e. The lowest BCUT2D eigenvalue weighted by Gasteiger charge is -2.34. The summed E-state index contributed by atoms with van der Waals surface area (Å²) in [6, 6.07) is 5.75. The molecule has 1 aliphatic rings. The molecule has 3 rings (SSSR count). The van der Waals surface area contributed by atoms with Crippen LogP contribution in [0.4, 0.5) is 5.95 Å². The molecular weight excluding hydrogens is 398 g/mol. The van der Waals surface area contributed by atoms with Gasteiger partial charge in [0.1, 0.15) is 5.60 Å². The summed E-state index contributed by atoms with van der Waals surface area (Å²) in [6.07, 6.45) is 4.63. The number of nitrogens with zero attached hydrogens (tertiary/aromatic N) is 5. The summed E-state index contributed by atoms with van der Waals surface area (Å²) < 4.78 is 0. The highest BCUT2D eigenvalue weighted by Crippen LogP contribution is 2.25. The molecule has 0 radical (unpaired) electrons. The van der Waals surface area contributed by atoms with Gasteiger partial charge in [0.15, 0.2) is 5.96 Å². The van der Waals surface area contributed by atoms with Crippen molar-refractivity contribution in [2.75, 3.05) is 57.3 Å². The molecule has 0 saturated carbocycles. The Morgan fingerprint density at radius 3 is 2.63 bits per heavy atom. The minimum Gasteiger partial charge on any atom is -0.383 e. The van der Waals surface area contributed by atoms with E-state index in [-0.39, 0.29) is 0 Å². The second-order valence-corrected chi connectivity index (χ2v) is 8.55. The molecule has 3 N–H and O–H groups in total. The summed E-state index contributed by atoms with van der Waals surface area (Å²) in [4.78, 5) is 18.9. The summed E-state index contributed by atoms with van der Waals surface area (Å²) in [5.74, 6) is 1.57. The molecule has 0 aromatic carbocycles. The van der Waals surface area contributed by atoms with Crippen LogP contribution in [-0.4, -0.2) is 78.3 Å². The quantitative estimate of drug-likeness (QED) is 0.315. The second-order valence-electron chi connectivity index (χ2n) is 7.60. The summed E-state index contributed by atoms with van der Waals surface area (Å²) in [5, 5.41) is 19.3. The lowest BCUT2D eigenvalue weighted by Crippen LogP contribution is -2.47. The minimum absolute atomic E-state index is 0.326. The Bertz CT molecular complexity index is 759. The summed E-state index contributed by atoms with van der Waals surface area (Å²) >= 11 is 1.55. The zero-order chi connectivity index (χ0) is 21.2. The first-order valence-electron chi connectivity index (χ1n) is 10.6. The molecule has 1 atom stereocenters. The number of aliphatic hydroxyl groups is 1. The third-order valence-electron chi connectivity index (χ3n) is 5.09. The molecule has 2 aromatic heterocycles. The molecule has 8 nitrogen and oxygen atoms in total. The number of aliphatic imine (C=N–C) groups is 1. The van der Waals surface area contributed by atoms with Crippen molar-refractivity contribution in [1.82, 2.24) is 25.5 Å². The van der Waals surface area contributed by atoms with Gasteiger partial charge >= 0.3 is 0 Å². The standard InChI is InChI=1S/C21H33N7OS/c1-3-22-19(26-17-21(2,29)18-7-4-16-30-18)23-10-6-11-27-12-14-28(15-13-27)20-24-8-5-9-25-20/h4-5,7-9,16,29H,3,6,10-15,17H2,1-2H3,(H2,22,23,26). The normalized spacial score (nSPS) is 17.6. The van der Waals surface area contributed by atoms with Crippen LogP contribution in [0.15, 0.2) is 41.0 Å². The van der Waals surface area contributed by atoms with E-state index in [9.17, 15) is 5.11 Å². The Labute approximate surface area is 183 Å². The fourth-order valence-corrected chi connectivity index (χ4v) is 4.15. The Hall–Kier alpha value is -2.23. The van der Waals surface area contributed by atoms with Crippen LogP contribution in [0.3, 0.4) is 0 Å². The average Bonchev–Trinajstić information content (AvgIpc) is 3.32. The molecule has 1 fully saturated rings. The van der Waals surface area contributed by atoms with Crippen molar-refractivity contribution in [3.63, 3.8) is 0 Å². The monoisotopic (exact) mass is 431 g/mol. The van der Waals surface area contributed by atoms with E-state index in [1.807, 2.05) is 37.4 Å². The van der Waals surface area contributed by atoms with E-state index >= 15 is 0 Å². The maximum atomic E-state index is 10.7. The molecule has 30 heavy (non-hydrogen) atoms. The molecule has 9 heteroatoms. The molecule has 0 amide bonds. The van der Waals surface area contributed by atoms with E-state index in [0.29, 0.717) is 6.54 Å². The van der Waals surface area contributed by atoms with Gasteiger partial charge in [-0.1, -0.05) is 6.07 Å². The molecule has 164 valence electrons. The van der Waals surface area contributed by atoms with Gasteiger partial charge in [-0.3, -0.25) is 4.90 Å². The molecule has 1 saturated heterocycles. The van der Waals surface area contributed by atoms with Crippen LogP contribution in [0.1, 0.15) is 25.1 Å². The van der Waals surface area contributed by atoms with Gasteiger partial charge in [-0.05, 0) is 44.3 Å². The smallest absolute Gasteiger partial charge is 0.225 e. The zero-order valence-electron chi connectivity index (χ0n) is 17.9. The first-order valence-corrected chi connectivity index (χ1v) is 11.5. The lowest BCUT2D eigenvalue weighted by atomic mass is 10.1. The van der Waals surface area contributed by atoms with Crippen molar-refractivity contribution in [3.8, 4) is 0 Å². The fourth-order valence-electron chi connectivity index (χ4n) is 3.37. The van der Waals surface area contributed by atoms with Crippen LogP contribution >= 0.6 is 11.3 Å².